The number of likely N-dealkylation sites (tertiary alicyclic amines) is 1. The van der Waals surface area contributed by atoms with E-state index in [2.05, 4.69) is 40.8 Å². The summed E-state index contributed by atoms with van der Waals surface area (Å²) in [6.07, 6.45) is 1.79. The fraction of sp³-hybridized carbons (Fsp3) is 0.625. The van der Waals surface area contributed by atoms with Crippen LogP contribution in [0.2, 0.25) is 0 Å². The van der Waals surface area contributed by atoms with Crippen LogP contribution in [0, 0.1) is 5.92 Å². The highest BCUT2D eigenvalue weighted by Crippen LogP contribution is 2.18. The maximum absolute atomic E-state index is 12.0. The van der Waals surface area contributed by atoms with Gasteiger partial charge in [-0.1, -0.05) is 44.2 Å². The highest BCUT2D eigenvalue weighted by atomic mass is 32.2. The maximum Gasteiger partial charge on any atom is 0.215 e. The quantitative estimate of drug-likeness (QED) is 0.836. The Hall–Kier alpha value is -0.910. The second-order valence-corrected chi connectivity index (χ2v) is 8.05. The van der Waals surface area contributed by atoms with Crippen molar-refractivity contribution in [1.29, 1.82) is 0 Å². The van der Waals surface area contributed by atoms with Crippen molar-refractivity contribution in [2.45, 2.75) is 31.9 Å². The Morgan fingerprint density at radius 1 is 1.33 bits per heavy atom. The standard InChI is InChI=1S/C16H26N2O2S/c1-3-17-21(19,20)16-9-10-18(13-16)12-14(2)11-15-7-5-4-6-8-15/h4-8,14,16-17H,3,9-13H2,1-2H3/t14-,16-/m1/s1. The summed E-state index contributed by atoms with van der Waals surface area (Å²) in [6.45, 7) is 7.05. The van der Waals surface area contributed by atoms with Crippen LogP contribution in [-0.4, -0.2) is 44.7 Å². The maximum atomic E-state index is 12.0. The van der Waals surface area contributed by atoms with Crippen LogP contribution in [0.3, 0.4) is 0 Å². The predicted octanol–water partition coefficient (Wildman–Crippen LogP) is 1.88. The van der Waals surface area contributed by atoms with Crippen molar-refractivity contribution >= 4 is 10.0 Å². The summed E-state index contributed by atoms with van der Waals surface area (Å²) in [5.41, 5.74) is 1.35. The Kier molecular flexibility index (Phi) is 5.79. The van der Waals surface area contributed by atoms with Crippen LogP contribution in [0.4, 0.5) is 0 Å². The number of nitrogens with zero attached hydrogens (tertiary/aromatic N) is 1. The molecule has 5 heteroatoms. The molecular formula is C16H26N2O2S. The highest BCUT2D eigenvalue weighted by molar-refractivity contribution is 7.90. The molecule has 0 saturated carbocycles. The van der Waals surface area contributed by atoms with Crippen molar-refractivity contribution in [1.82, 2.24) is 9.62 Å². The van der Waals surface area contributed by atoms with Crippen molar-refractivity contribution in [2.75, 3.05) is 26.2 Å². The molecule has 1 N–H and O–H groups in total. The van der Waals surface area contributed by atoms with E-state index in [1.165, 1.54) is 5.56 Å². The average Bonchev–Trinajstić information content (AvgIpc) is 2.89. The van der Waals surface area contributed by atoms with Crippen LogP contribution < -0.4 is 4.72 Å². The van der Waals surface area contributed by atoms with Crippen LogP contribution in [0.5, 0.6) is 0 Å². The predicted molar refractivity (Wildman–Crippen MR) is 86.8 cm³/mol. The molecule has 0 spiro atoms. The van der Waals surface area contributed by atoms with Gasteiger partial charge in [-0.2, -0.15) is 0 Å². The van der Waals surface area contributed by atoms with Crippen LogP contribution in [0.15, 0.2) is 30.3 Å². The molecule has 1 aromatic carbocycles. The summed E-state index contributed by atoms with van der Waals surface area (Å²) in [4.78, 5) is 2.28. The molecule has 1 aliphatic rings. The minimum Gasteiger partial charge on any atom is -0.302 e. The molecular weight excluding hydrogens is 284 g/mol. The van der Waals surface area contributed by atoms with E-state index in [1.54, 1.807) is 0 Å². The Balaban J connectivity index is 1.82. The van der Waals surface area contributed by atoms with Crippen molar-refractivity contribution in [3.05, 3.63) is 35.9 Å². The van der Waals surface area contributed by atoms with Gasteiger partial charge in [0.15, 0.2) is 0 Å². The third-order valence-electron chi connectivity index (χ3n) is 4.01. The van der Waals surface area contributed by atoms with Gasteiger partial charge in [0.2, 0.25) is 10.0 Å². The van der Waals surface area contributed by atoms with Gasteiger partial charge in [0.25, 0.3) is 0 Å². The minimum atomic E-state index is -3.13. The van der Waals surface area contributed by atoms with E-state index in [0.29, 0.717) is 19.0 Å². The molecule has 1 heterocycles. The van der Waals surface area contributed by atoms with Crippen LogP contribution in [0.1, 0.15) is 25.8 Å². The van der Waals surface area contributed by atoms with Crippen molar-refractivity contribution in [2.24, 2.45) is 5.92 Å². The lowest BCUT2D eigenvalue weighted by atomic mass is 10.0. The van der Waals surface area contributed by atoms with Gasteiger partial charge in [0.05, 0.1) is 5.25 Å². The Bertz CT molecular complexity index is 530. The van der Waals surface area contributed by atoms with Crippen molar-refractivity contribution in [3.63, 3.8) is 0 Å². The molecule has 1 saturated heterocycles. The monoisotopic (exact) mass is 310 g/mol. The van der Waals surface area contributed by atoms with Gasteiger partial charge < -0.3 is 4.90 Å². The molecule has 0 aliphatic carbocycles. The van der Waals surface area contributed by atoms with E-state index < -0.39 is 10.0 Å². The van der Waals surface area contributed by atoms with Gasteiger partial charge in [0, 0.05) is 19.6 Å². The summed E-state index contributed by atoms with van der Waals surface area (Å²) >= 11 is 0. The zero-order chi connectivity index (χ0) is 15.3. The molecule has 1 aromatic rings. The molecule has 1 aliphatic heterocycles. The first-order valence-corrected chi connectivity index (χ1v) is 9.30. The third-order valence-corrected chi connectivity index (χ3v) is 5.96. The van der Waals surface area contributed by atoms with E-state index in [-0.39, 0.29) is 5.25 Å². The molecule has 0 unspecified atom stereocenters. The van der Waals surface area contributed by atoms with Gasteiger partial charge >= 0.3 is 0 Å². The van der Waals surface area contributed by atoms with Gasteiger partial charge in [-0.3, -0.25) is 0 Å². The number of hydrogen-bond acceptors (Lipinski definition) is 3. The number of benzene rings is 1. The SMILES string of the molecule is CCNS(=O)(=O)[C@@H]1CCN(C[C@H](C)Cc2ccccc2)C1. The molecule has 2 rings (SSSR count). The molecule has 0 aromatic heterocycles. The minimum absolute atomic E-state index is 0.249. The van der Waals surface area contributed by atoms with E-state index in [4.69, 9.17) is 0 Å². The average molecular weight is 310 g/mol. The van der Waals surface area contributed by atoms with Crippen molar-refractivity contribution in [3.8, 4) is 0 Å². The summed E-state index contributed by atoms with van der Waals surface area (Å²) in [5, 5.41) is -0.249. The first-order chi connectivity index (χ1) is 10.0. The molecule has 0 bridgehead atoms. The summed E-state index contributed by atoms with van der Waals surface area (Å²) in [7, 11) is -3.13. The van der Waals surface area contributed by atoms with Gasteiger partial charge in [-0.05, 0) is 30.9 Å². The lowest BCUT2D eigenvalue weighted by molar-refractivity contribution is 0.287. The lowest BCUT2D eigenvalue weighted by Crippen LogP contribution is -2.37. The van der Waals surface area contributed by atoms with E-state index >= 15 is 0 Å². The van der Waals surface area contributed by atoms with Gasteiger partial charge in [-0.15, -0.1) is 0 Å². The first kappa shape index (κ1) is 16.5. The fourth-order valence-electron chi connectivity index (χ4n) is 3.06. The van der Waals surface area contributed by atoms with Crippen molar-refractivity contribution < 1.29 is 8.42 Å². The number of nitrogens with one attached hydrogen (secondary N) is 1. The summed E-state index contributed by atoms with van der Waals surface area (Å²) in [6, 6.07) is 10.5. The normalized spacial score (nSPS) is 21.5. The summed E-state index contributed by atoms with van der Waals surface area (Å²) in [5.74, 6) is 0.535. The van der Waals surface area contributed by atoms with Crippen LogP contribution in [-0.2, 0) is 16.4 Å². The second-order valence-electron chi connectivity index (χ2n) is 6.01. The largest absolute Gasteiger partial charge is 0.302 e. The third kappa shape index (κ3) is 4.80. The van der Waals surface area contributed by atoms with E-state index in [1.807, 2.05) is 13.0 Å². The van der Waals surface area contributed by atoms with E-state index in [9.17, 15) is 8.42 Å². The molecule has 0 radical (unpaired) electrons. The Labute approximate surface area is 128 Å². The second kappa shape index (κ2) is 7.38. The Morgan fingerprint density at radius 3 is 2.71 bits per heavy atom. The van der Waals surface area contributed by atoms with Crippen LogP contribution in [0.25, 0.3) is 0 Å². The lowest BCUT2D eigenvalue weighted by Gasteiger charge is -2.21. The molecule has 21 heavy (non-hydrogen) atoms. The topological polar surface area (TPSA) is 49.4 Å². The molecule has 2 atom stereocenters. The first-order valence-electron chi connectivity index (χ1n) is 7.76. The number of hydrogen-bond donors (Lipinski definition) is 1. The summed E-state index contributed by atoms with van der Waals surface area (Å²) < 4.78 is 26.7. The fourth-order valence-corrected chi connectivity index (χ4v) is 4.52. The number of sulfonamides is 1. The Morgan fingerprint density at radius 2 is 2.05 bits per heavy atom. The highest BCUT2D eigenvalue weighted by Gasteiger charge is 2.32. The molecule has 0 amide bonds. The zero-order valence-electron chi connectivity index (χ0n) is 13.0. The molecule has 4 nitrogen and oxygen atoms in total. The number of rotatable bonds is 7. The van der Waals surface area contributed by atoms with Gasteiger partial charge in [-0.25, -0.2) is 13.1 Å². The molecule has 1 fully saturated rings. The van der Waals surface area contributed by atoms with Gasteiger partial charge in [0.1, 0.15) is 0 Å². The molecule has 118 valence electrons. The smallest absolute Gasteiger partial charge is 0.215 e. The zero-order valence-corrected chi connectivity index (χ0v) is 13.8. The van der Waals surface area contributed by atoms with E-state index in [0.717, 1.165) is 25.9 Å². The van der Waals surface area contributed by atoms with Crippen LogP contribution >= 0.6 is 0 Å².